The van der Waals surface area contributed by atoms with Gasteiger partial charge in [-0.15, -0.1) is 0 Å². The zero-order valence-electron chi connectivity index (χ0n) is 15.1. The summed E-state index contributed by atoms with van der Waals surface area (Å²) in [6.07, 6.45) is 0. The standard InChI is InChI=1S/C20H22N2O4/c1-14-7-4-5-8-17(14)12-22(15(2)23)13-19(24)21-18-10-6-9-16(11-18)20(25)26-3/h4-11H,12-13H2,1-3H3,(H,21,24). The lowest BCUT2D eigenvalue weighted by Crippen LogP contribution is -2.36. The third-order valence-corrected chi connectivity index (χ3v) is 3.97. The van der Waals surface area contributed by atoms with Gasteiger partial charge in [-0.3, -0.25) is 9.59 Å². The molecule has 6 nitrogen and oxygen atoms in total. The molecule has 2 amide bonds. The summed E-state index contributed by atoms with van der Waals surface area (Å²) in [6.45, 7) is 3.68. The molecular formula is C20H22N2O4. The molecule has 136 valence electrons. The van der Waals surface area contributed by atoms with E-state index in [4.69, 9.17) is 0 Å². The highest BCUT2D eigenvalue weighted by molar-refractivity contribution is 5.96. The molecule has 2 aromatic carbocycles. The molecule has 0 fully saturated rings. The summed E-state index contributed by atoms with van der Waals surface area (Å²) in [6, 6.07) is 14.2. The van der Waals surface area contributed by atoms with Crippen LogP contribution >= 0.6 is 0 Å². The van der Waals surface area contributed by atoms with Crippen molar-refractivity contribution in [3.63, 3.8) is 0 Å². The van der Waals surface area contributed by atoms with Gasteiger partial charge in [0.05, 0.1) is 12.7 Å². The number of aryl methyl sites for hydroxylation is 1. The molecule has 0 spiro atoms. The first-order valence-electron chi connectivity index (χ1n) is 8.19. The lowest BCUT2D eigenvalue weighted by Gasteiger charge is -2.21. The molecule has 2 aromatic rings. The fraction of sp³-hybridized carbons (Fsp3) is 0.250. The van der Waals surface area contributed by atoms with Gasteiger partial charge < -0.3 is 15.0 Å². The van der Waals surface area contributed by atoms with E-state index in [2.05, 4.69) is 10.1 Å². The quantitative estimate of drug-likeness (QED) is 0.810. The SMILES string of the molecule is COC(=O)c1cccc(NC(=O)CN(Cc2ccccc2C)C(C)=O)c1. The molecule has 0 heterocycles. The summed E-state index contributed by atoms with van der Waals surface area (Å²) in [5, 5.41) is 2.71. The third kappa shape index (κ3) is 5.17. The number of benzene rings is 2. The smallest absolute Gasteiger partial charge is 0.337 e. The molecule has 0 unspecified atom stereocenters. The van der Waals surface area contributed by atoms with E-state index in [-0.39, 0.29) is 18.4 Å². The highest BCUT2D eigenvalue weighted by Gasteiger charge is 2.15. The predicted octanol–water partition coefficient (Wildman–Crippen LogP) is 2.77. The minimum absolute atomic E-state index is 0.0773. The Balaban J connectivity index is 2.05. The van der Waals surface area contributed by atoms with Crippen molar-refractivity contribution in [1.29, 1.82) is 0 Å². The molecule has 0 radical (unpaired) electrons. The first-order chi connectivity index (χ1) is 12.4. The van der Waals surface area contributed by atoms with E-state index in [1.165, 1.54) is 25.0 Å². The van der Waals surface area contributed by atoms with Crippen LogP contribution in [0.4, 0.5) is 5.69 Å². The van der Waals surface area contributed by atoms with E-state index in [9.17, 15) is 14.4 Å². The molecule has 26 heavy (non-hydrogen) atoms. The maximum Gasteiger partial charge on any atom is 0.337 e. The molecular weight excluding hydrogens is 332 g/mol. The van der Waals surface area contributed by atoms with Crippen molar-refractivity contribution in [1.82, 2.24) is 4.90 Å². The van der Waals surface area contributed by atoms with Gasteiger partial charge in [0.25, 0.3) is 0 Å². The molecule has 0 aliphatic carbocycles. The minimum Gasteiger partial charge on any atom is -0.465 e. The Labute approximate surface area is 152 Å². The zero-order chi connectivity index (χ0) is 19.1. The number of carbonyl (C=O) groups excluding carboxylic acids is 3. The number of carbonyl (C=O) groups is 3. The van der Waals surface area contributed by atoms with Gasteiger partial charge in [-0.2, -0.15) is 0 Å². The number of nitrogens with one attached hydrogen (secondary N) is 1. The van der Waals surface area contributed by atoms with Gasteiger partial charge in [-0.25, -0.2) is 4.79 Å². The number of hydrogen-bond acceptors (Lipinski definition) is 4. The Bertz CT molecular complexity index is 817. The van der Waals surface area contributed by atoms with Gasteiger partial charge in [-0.1, -0.05) is 30.3 Å². The number of methoxy groups -OCH3 is 1. The normalized spacial score (nSPS) is 10.1. The Morgan fingerprint density at radius 1 is 1.08 bits per heavy atom. The number of amides is 2. The molecule has 0 aliphatic heterocycles. The molecule has 0 atom stereocenters. The number of nitrogens with zero attached hydrogens (tertiary/aromatic N) is 1. The number of ether oxygens (including phenoxy) is 1. The van der Waals surface area contributed by atoms with Gasteiger partial charge in [0.15, 0.2) is 0 Å². The highest BCUT2D eigenvalue weighted by atomic mass is 16.5. The average Bonchev–Trinajstić information content (AvgIpc) is 2.62. The number of esters is 1. The van der Waals surface area contributed by atoms with Gasteiger partial charge in [-0.05, 0) is 36.2 Å². The van der Waals surface area contributed by atoms with Crippen LogP contribution in [0.2, 0.25) is 0 Å². The summed E-state index contributed by atoms with van der Waals surface area (Å²) in [5.74, 6) is -1.01. The van der Waals surface area contributed by atoms with Crippen molar-refractivity contribution in [3.8, 4) is 0 Å². The topological polar surface area (TPSA) is 75.7 Å². The van der Waals surface area contributed by atoms with Crippen molar-refractivity contribution in [2.75, 3.05) is 19.0 Å². The monoisotopic (exact) mass is 354 g/mol. The highest BCUT2D eigenvalue weighted by Crippen LogP contribution is 2.13. The van der Waals surface area contributed by atoms with Crippen LogP contribution in [0.3, 0.4) is 0 Å². The fourth-order valence-corrected chi connectivity index (χ4v) is 2.49. The first kappa shape index (κ1) is 19.2. The lowest BCUT2D eigenvalue weighted by molar-refractivity contribution is -0.133. The van der Waals surface area contributed by atoms with Crippen molar-refractivity contribution in [2.45, 2.75) is 20.4 Å². The number of anilines is 1. The first-order valence-corrected chi connectivity index (χ1v) is 8.19. The second-order valence-corrected chi connectivity index (χ2v) is 5.92. The van der Waals surface area contributed by atoms with Crippen molar-refractivity contribution >= 4 is 23.5 Å². The van der Waals surface area contributed by atoms with Crippen molar-refractivity contribution in [3.05, 3.63) is 65.2 Å². The maximum absolute atomic E-state index is 12.3. The van der Waals surface area contributed by atoms with Crippen LogP contribution in [0.1, 0.15) is 28.4 Å². The van der Waals surface area contributed by atoms with Crippen LogP contribution in [-0.4, -0.2) is 36.3 Å². The van der Waals surface area contributed by atoms with E-state index in [0.717, 1.165) is 11.1 Å². The summed E-state index contributed by atoms with van der Waals surface area (Å²) in [5.41, 5.74) is 2.86. The molecule has 0 aromatic heterocycles. The Hall–Kier alpha value is -3.15. The van der Waals surface area contributed by atoms with Crippen LogP contribution < -0.4 is 5.32 Å². The molecule has 0 aliphatic rings. The van der Waals surface area contributed by atoms with Crippen LogP contribution in [0.5, 0.6) is 0 Å². The lowest BCUT2D eigenvalue weighted by atomic mass is 10.1. The number of hydrogen-bond donors (Lipinski definition) is 1. The molecule has 0 saturated carbocycles. The van der Waals surface area contributed by atoms with E-state index < -0.39 is 5.97 Å². The predicted molar refractivity (Wildman–Crippen MR) is 98.7 cm³/mol. The van der Waals surface area contributed by atoms with Gasteiger partial charge in [0.1, 0.15) is 6.54 Å². The molecule has 1 N–H and O–H groups in total. The van der Waals surface area contributed by atoms with E-state index in [0.29, 0.717) is 17.8 Å². The molecule has 0 saturated heterocycles. The maximum atomic E-state index is 12.3. The van der Waals surface area contributed by atoms with E-state index >= 15 is 0 Å². The second kappa shape index (κ2) is 8.80. The largest absolute Gasteiger partial charge is 0.465 e. The third-order valence-electron chi connectivity index (χ3n) is 3.97. The zero-order valence-corrected chi connectivity index (χ0v) is 15.1. The van der Waals surface area contributed by atoms with Crippen molar-refractivity contribution < 1.29 is 19.1 Å². The average molecular weight is 354 g/mol. The second-order valence-electron chi connectivity index (χ2n) is 5.92. The molecule has 6 heteroatoms. The van der Waals surface area contributed by atoms with Crippen LogP contribution in [-0.2, 0) is 20.9 Å². The summed E-state index contributed by atoms with van der Waals surface area (Å²) >= 11 is 0. The molecule has 0 bridgehead atoms. The van der Waals surface area contributed by atoms with Crippen molar-refractivity contribution in [2.24, 2.45) is 0 Å². The van der Waals surface area contributed by atoms with Gasteiger partial charge >= 0.3 is 5.97 Å². The number of rotatable bonds is 6. The Kier molecular flexibility index (Phi) is 6.49. The van der Waals surface area contributed by atoms with Crippen LogP contribution in [0, 0.1) is 6.92 Å². The van der Waals surface area contributed by atoms with E-state index in [1.807, 2.05) is 31.2 Å². The Morgan fingerprint density at radius 2 is 1.81 bits per heavy atom. The van der Waals surface area contributed by atoms with Gasteiger partial charge in [0, 0.05) is 19.2 Å². The summed E-state index contributed by atoms with van der Waals surface area (Å²) in [7, 11) is 1.30. The fourth-order valence-electron chi connectivity index (χ4n) is 2.49. The Morgan fingerprint density at radius 3 is 2.46 bits per heavy atom. The van der Waals surface area contributed by atoms with Crippen LogP contribution in [0.15, 0.2) is 48.5 Å². The van der Waals surface area contributed by atoms with Crippen LogP contribution in [0.25, 0.3) is 0 Å². The summed E-state index contributed by atoms with van der Waals surface area (Å²) in [4.78, 5) is 37.3. The summed E-state index contributed by atoms with van der Waals surface area (Å²) < 4.78 is 4.67. The van der Waals surface area contributed by atoms with Gasteiger partial charge in [0.2, 0.25) is 11.8 Å². The minimum atomic E-state index is -0.481. The molecule has 2 rings (SSSR count). The van der Waals surface area contributed by atoms with E-state index in [1.54, 1.807) is 18.2 Å².